The van der Waals surface area contributed by atoms with Crippen LogP contribution in [0.15, 0.2) is 42.5 Å². The normalized spacial score (nSPS) is 14.1. The molecule has 1 atom stereocenters. The maximum absolute atomic E-state index is 13.9. The van der Waals surface area contributed by atoms with Crippen molar-refractivity contribution in [1.82, 2.24) is 0 Å². The number of benzene rings is 2. The second-order valence-electron chi connectivity index (χ2n) is 4.74. The topological polar surface area (TPSA) is 20.2 Å². The fraction of sp³-hybridized carbons (Fsp3) is 0.250. The van der Waals surface area contributed by atoms with Crippen molar-refractivity contribution in [3.8, 4) is 0 Å². The average Bonchev–Trinajstić information content (AvgIpc) is 2.43. The van der Waals surface area contributed by atoms with Crippen LogP contribution in [0.25, 0.3) is 0 Å². The van der Waals surface area contributed by atoms with E-state index in [0.29, 0.717) is 22.0 Å². The van der Waals surface area contributed by atoms with E-state index >= 15 is 0 Å². The molecular formula is C16H15Cl2FO. The number of hydrogen-bond acceptors (Lipinski definition) is 1. The van der Waals surface area contributed by atoms with Crippen LogP contribution < -0.4 is 0 Å². The number of aliphatic hydroxyl groups is 1. The second-order valence-corrected chi connectivity index (χ2v) is 5.56. The predicted molar refractivity (Wildman–Crippen MR) is 80.8 cm³/mol. The van der Waals surface area contributed by atoms with Crippen molar-refractivity contribution in [1.29, 1.82) is 0 Å². The van der Waals surface area contributed by atoms with Crippen LogP contribution in [0.5, 0.6) is 0 Å². The van der Waals surface area contributed by atoms with Gasteiger partial charge in [0, 0.05) is 22.0 Å². The van der Waals surface area contributed by atoms with Gasteiger partial charge in [0.25, 0.3) is 0 Å². The highest BCUT2D eigenvalue weighted by Crippen LogP contribution is 2.35. The summed E-state index contributed by atoms with van der Waals surface area (Å²) in [7, 11) is 0. The van der Waals surface area contributed by atoms with E-state index in [1.54, 1.807) is 43.3 Å². The first kappa shape index (κ1) is 15.3. The average molecular weight is 313 g/mol. The molecule has 2 aromatic rings. The summed E-state index contributed by atoms with van der Waals surface area (Å²) in [6.07, 6.45) is 0.526. The molecule has 0 amide bonds. The first-order valence-corrected chi connectivity index (χ1v) is 7.14. The molecule has 0 radical (unpaired) electrons. The van der Waals surface area contributed by atoms with Crippen molar-refractivity contribution in [2.24, 2.45) is 0 Å². The predicted octanol–water partition coefficient (Wildman–Crippen LogP) is 4.97. The Kier molecular flexibility index (Phi) is 4.69. The van der Waals surface area contributed by atoms with Crippen LogP contribution >= 0.6 is 23.2 Å². The third-order valence-electron chi connectivity index (χ3n) is 3.49. The molecule has 1 unspecified atom stereocenters. The Balaban J connectivity index is 2.45. The van der Waals surface area contributed by atoms with Gasteiger partial charge in [0.15, 0.2) is 0 Å². The first-order valence-electron chi connectivity index (χ1n) is 6.38. The standard InChI is InChI=1S/C16H15Cl2FO/c1-2-16(20,12-6-3-4-9-15(12)19)10-11-13(17)7-5-8-14(11)18/h3-9,20H,2,10H2,1H3. The second kappa shape index (κ2) is 6.13. The number of halogens is 3. The molecule has 0 spiro atoms. The monoisotopic (exact) mass is 312 g/mol. The fourth-order valence-corrected chi connectivity index (χ4v) is 2.77. The molecular weight excluding hydrogens is 298 g/mol. The fourth-order valence-electron chi connectivity index (χ4n) is 2.24. The van der Waals surface area contributed by atoms with Gasteiger partial charge in [-0.1, -0.05) is 54.4 Å². The Bertz CT molecular complexity index is 595. The van der Waals surface area contributed by atoms with E-state index in [2.05, 4.69) is 0 Å². The Morgan fingerprint density at radius 3 is 2.20 bits per heavy atom. The number of hydrogen-bond donors (Lipinski definition) is 1. The van der Waals surface area contributed by atoms with Gasteiger partial charge in [-0.25, -0.2) is 4.39 Å². The van der Waals surface area contributed by atoms with E-state index in [1.807, 2.05) is 0 Å². The molecule has 0 bridgehead atoms. The van der Waals surface area contributed by atoms with Crippen LogP contribution in [-0.4, -0.2) is 5.11 Å². The van der Waals surface area contributed by atoms with Gasteiger partial charge in [0.1, 0.15) is 5.82 Å². The third kappa shape index (κ3) is 2.98. The highest BCUT2D eigenvalue weighted by molar-refractivity contribution is 6.36. The third-order valence-corrected chi connectivity index (χ3v) is 4.20. The van der Waals surface area contributed by atoms with Crippen molar-refractivity contribution in [2.75, 3.05) is 0 Å². The minimum absolute atomic E-state index is 0.170. The molecule has 0 saturated heterocycles. The van der Waals surface area contributed by atoms with Gasteiger partial charge in [0.2, 0.25) is 0 Å². The van der Waals surface area contributed by atoms with E-state index in [0.717, 1.165) is 0 Å². The summed E-state index contributed by atoms with van der Waals surface area (Å²) >= 11 is 12.3. The molecule has 0 saturated carbocycles. The summed E-state index contributed by atoms with van der Waals surface area (Å²) in [5.41, 5.74) is -0.443. The Labute approximate surface area is 128 Å². The van der Waals surface area contributed by atoms with Crippen LogP contribution in [0, 0.1) is 5.82 Å². The molecule has 0 aliphatic carbocycles. The van der Waals surface area contributed by atoms with Gasteiger partial charge in [-0.3, -0.25) is 0 Å². The zero-order valence-corrected chi connectivity index (χ0v) is 12.5. The van der Waals surface area contributed by atoms with Crippen molar-refractivity contribution in [2.45, 2.75) is 25.4 Å². The van der Waals surface area contributed by atoms with Crippen molar-refractivity contribution < 1.29 is 9.50 Å². The summed E-state index contributed by atoms with van der Waals surface area (Å²) in [4.78, 5) is 0. The highest BCUT2D eigenvalue weighted by atomic mass is 35.5. The molecule has 0 aliphatic heterocycles. The van der Waals surface area contributed by atoms with Crippen molar-refractivity contribution >= 4 is 23.2 Å². The zero-order chi connectivity index (χ0) is 14.8. The maximum atomic E-state index is 13.9. The van der Waals surface area contributed by atoms with Gasteiger partial charge in [-0.2, -0.15) is 0 Å². The van der Waals surface area contributed by atoms with E-state index < -0.39 is 11.4 Å². The molecule has 0 aromatic heterocycles. The lowest BCUT2D eigenvalue weighted by molar-refractivity contribution is 0.0292. The lowest BCUT2D eigenvalue weighted by Crippen LogP contribution is -2.29. The SMILES string of the molecule is CCC(O)(Cc1c(Cl)cccc1Cl)c1ccccc1F. The van der Waals surface area contributed by atoms with Crippen LogP contribution in [0.1, 0.15) is 24.5 Å². The van der Waals surface area contributed by atoms with E-state index in [4.69, 9.17) is 23.2 Å². The molecule has 106 valence electrons. The van der Waals surface area contributed by atoms with Crippen molar-refractivity contribution in [3.05, 3.63) is 69.5 Å². The maximum Gasteiger partial charge on any atom is 0.129 e. The smallest absolute Gasteiger partial charge is 0.129 e. The first-order chi connectivity index (χ1) is 9.48. The summed E-state index contributed by atoms with van der Waals surface area (Å²) in [5, 5.41) is 11.8. The van der Waals surface area contributed by atoms with Crippen LogP contribution in [0.2, 0.25) is 10.0 Å². The van der Waals surface area contributed by atoms with Gasteiger partial charge in [0.05, 0.1) is 5.60 Å². The van der Waals surface area contributed by atoms with Gasteiger partial charge < -0.3 is 5.11 Å². The minimum Gasteiger partial charge on any atom is -0.385 e. The molecule has 1 N–H and O–H groups in total. The molecule has 1 nitrogen and oxygen atoms in total. The van der Waals surface area contributed by atoms with E-state index in [-0.39, 0.29) is 12.0 Å². The Hall–Kier alpha value is -1.09. The van der Waals surface area contributed by atoms with Crippen LogP contribution in [0.3, 0.4) is 0 Å². The quantitative estimate of drug-likeness (QED) is 0.844. The molecule has 4 heteroatoms. The van der Waals surface area contributed by atoms with Crippen LogP contribution in [-0.2, 0) is 12.0 Å². The van der Waals surface area contributed by atoms with Gasteiger partial charge in [-0.15, -0.1) is 0 Å². The highest BCUT2D eigenvalue weighted by Gasteiger charge is 2.31. The lowest BCUT2D eigenvalue weighted by atomic mass is 9.84. The molecule has 0 aliphatic rings. The molecule has 0 heterocycles. The lowest BCUT2D eigenvalue weighted by Gasteiger charge is -2.28. The largest absolute Gasteiger partial charge is 0.385 e. The minimum atomic E-state index is -1.33. The van der Waals surface area contributed by atoms with Gasteiger partial charge in [-0.05, 0) is 30.2 Å². The zero-order valence-electron chi connectivity index (χ0n) is 11.0. The summed E-state index contributed by atoms with van der Waals surface area (Å²) in [5.74, 6) is -0.431. The molecule has 2 rings (SSSR count). The summed E-state index contributed by atoms with van der Waals surface area (Å²) in [6.45, 7) is 1.80. The molecule has 2 aromatic carbocycles. The summed E-state index contributed by atoms with van der Waals surface area (Å²) in [6, 6.07) is 11.4. The van der Waals surface area contributed by atoms with E-state index in [1.165, 1.54) is 6.07 Å². The molecule has 0 fully saturated rings. The Morgan fingerprint density at radius 2 is 1.65 bits per heavy atom. The summed E-state index contributed by atoms with van der Waals surface area (Å²) < 4.78 is 13.9. The molecule has 20 heavy (non-hydrogen) atoms. The number of rotatable bonds is 4. The van der Waals surface area contributed by atoms with Gasteiger partial charge >= 0.3 is 0 Å². The Morgan fingerprint density at radius 1 is 1.05 bits per heavy atom. The van der Waals surface area contributed by atoms with Crippen LogP contribution in [0.4, 0.5) is 4.39 Å². The van der Waals surface area contributed by atoms with E-state index in [9.17, 15) is 9.50 Å². The van der Waals surface area contributed by atoms with Crippen molar-refractivity contribution in [3.63, 3.8) is 0 Å².